The van der Waals surface area contributed by atoms with Crippen LogP contribution >= 0.6 is 0 Å². The lowest BCUT2D eigenvalue weighted by molar-refractivity contribution is 0.283. The van der Waals surface area contributed by atoms with Crippen LogP contribution in [0.3, 0.4) is 0 Å². The summed E-state index contributed by atoms with van der Waals surface area (Å²) >= 11 is 0. The highest BCUT2D eigenvalue weighted by Crippen LogP contribution is 2.37. The summed E-state index contributed by atoms with van der Waals surface area (Å²) < 4.78 is 23.6. The molecule has 1 aliphatic rings. The zero-order valence-corrected chi connectivity index (χ0v) is 24.8. The van der Waals surface area contributed by atoms with Gasteiger partial charge in [0.05, 0.1) is 20.3 Å². The second-order valence-electron chi connectivity index (χ2n) is 9.65. The van der Waals surface area contributed by atoms with Crippen molar-refractivity contribution >= 4 is 6.08 Å². The molecule has 0 aromatic heterocycles. The van der Waals surface area contributed by atoms with Gasteiger partial charge in [0.15, 0.2) is 23.0 Å². The topological polar surface area (TPSA) is 49.0 Å². The summed E-state index contributed by atoms with van der Waals surface area (Å²) in [7, 11) is 3.36. The predicted molar refractivity (Wildman–Crippen MR) is 167 cm³/mol. The molecule has 0 spiro atoms. The summed E-state index contributed by atoms with van der Waals surface area (Å²) in [6.07, 6.45) is 5.30. The van der Waals surface area contributed by atoms with E-state index in [-0.39, 0.29) is 6.04 Å². The van der Waals surface area contributed by atoms with E-state index in [0.29, 0.717) is 13.2 Å². The minimum atomic E-state index is 0.0565. The molecule has 1 N–H and O–H groups in total. The van der Waals surface area contributed by atoms with Crippen LogP contribution in [0.2, 0.25) is 0 Å². The molecular formula is C36H41NO4. The summed E-state index contributed by atoms with van der Waals surface area (Å²) in [6.45, 7) is 7.96. The molecule has 0 amide bonds. The van der Waals surface area contributed by atoms with Crippen molar-refractivity contribution in [2.75, 3.05) is 20.8 Å². The van der Waals surface area contributed by atoms with Gasteiger partial charge in [0.1, 0.15) is 13.2 Å². The predicted octanol–water partition coefficient (Wildman–Crippen LogP) is 8.10. The SMILES string of the molecule is CC.COc1cc(C)c(/C=C/C2NCCc3cc(OCc4ccccc4)c(OC)cc32)cc1OCc1ccccc1. The van der Waals surface area contributed by atoms with Crippen LogP contribution in [0.1, 0.15) is 53.3 Å². The Balaban J connectivity index is 0.00000189. The largest absolute Gasteiger partial charge is 0.493 e. The van der Waals surface area contributed by atoms with Gasteiger partial charge in [0.2, 0.25) is 0 Å². The van der Waals surface area contributed by atoms with E-state index in [1.807, 2.05) is 56.3 Å². The number of methoxy groups -OCH3 is 2. The van der Waals surface area contributed by atoms with Gasteiger partial charge >= 0.3 is 0 Å². The molecule has 41 heavy (non-hydrogen) atoms. The lowest BCUT2D eigenvalue weighted by atomic mass is 9.92. The molecule has 0 saturated heterocycles. The lowest BCUT2D eigenvalue weighted by Crippen LogP contribution is -2.28. The van der Waals surface area contributed by atoms with Crippen molar-refractivity contribution in [3.63, 3.8) is 0 Å². The van der Waals surface area contributed by atoms with Gasteiger partial charge in [-0.1, -0.05) is 86.7 Å². The van der Waals surface area contributed by atoms with Crippen molar-refractivity contribution in [3.05, 3.63) is 124 Å². The average molecular weight is 552 g/mol. The Kier molecular flexibility index (Phi) is 10.9. The van der Waals surface area contributed by atoms with Crippen LogP contribution in [0, 0.1) is 6.92 Å². The quantitative estimate of drug-likeness (QED) is 0.216. The Labute approximate surface area is 244 Å². The highest BCUT2D eigenvalue weighted by molar-refractivity contribution is 5.61. The number of benzene rings is 4. The maximum atomic E-state index is 6.16. The maximum absolute atomic E-state index is 6.16. The summed E-state index contributed by atoms with van der Waals surface area (Å²) in [5.41, 5.74) is 6.91. The van der Waals surface area contributed by atoms with E-state index in [4.69, 9.17) is 18.9 Å². The first-order valence-electron chi connectivity index (χ1n) is 14.3. The molecular weight excluding hydrogens is 510 g/mol. The van der Waals surface area contributed by atoms with Crippen LogP contribution in [0.4, 0.5) is 0 Å². The molecule has 0 bridgehead atoms. The molecule has 4 aromatic carbocycles. The number of fused-ring (bicyclic) bond motifs is 1. The van der Waals surface area contributed by atoms with Crippen molar-refractivity contribution in [1.82, 2.24) is 5.32 Å². The Morgan fingerprint density at radius 3 is 1.88 bits per heavy atom. The van der Waals surface area contributed by atoms with Crippen LogP contribution in [-0.4, -0.2) is 20.8 Å². The summed E-state index contributed by atoms with van der Waals surface area (Å²) in [5, 5.41) is 3.64. The van der Waals surface area contributed by atoms with Crippen molar-refractivity contribution in [2.45, 2.75) is 46.4 Å². The number of hydrogen-bond donors (Lipinski definition) is 1. The van der Waals surface area contributed by atoms with Crippen LogP contribution < -0.4 is 24.3 Å². The normalized spacial score (nSPS) is 14.0. The number of rotatable bonds is 10. The zero-order valence-electron chi connectivity index (χ0n) is 24.8. The minimum absolute atomic E-state index is 0.0565. The Bertz CT molecular complexity index is 1420. The second-order valence-corrected chi connectivity index (χ2v) is 9.65. The Morgan fingerprint density at radius 1 is 0.732 bits per heavy atom. The van der Waals surface area contributed by atoms with E-state index >= 15 is 0 Å². The molecule has 214 valence electrons. The Morgan fingerprint density at radius 2 is 1.29 bits per heavy atom. The monoisotopic (exact) mass is 551 g/mol. The molecule has 0 radical (unpaired) electrons. The lowest BCUT2D eigenvalue weighted by Gasteiger charge is -2.26. The second kappa shape index (κ2) is 15.0. The fourth-order valence-corrected chi connectivity index (χ4v) is 4.84. The molecule has 0 aliphatic carbocycles. The number of aryl methyl sites for hydroxylation is 1. The van der Waals surface area contributed by atoms with Crippen molar-refractivity contribution in [1.29, 1.82) is 0 Å². The van der Waals surface area contributed by atoms with Crippen LogP contribution in [0.25, 0.3) is 6.08 Å². The fraction of sp³-hybridized carbons (Fsp3) is 0.278. The number of hydrogen-bond acceptors (Lipinski definition) is 5. The van der Waals surface area contributed by atoms with Crippen LogP contribution in [0.5, 0.6) is 23.0 Å². The smallest absolute Gasteiger partial charge is 0.162 e. The zero-order chi connectivity index (χ0) is 29.0. The molecule has 5 heteroatoms. The van der Waals surface area contributed by atoms with Gasteiger partial charge in [-0.15, -0.1) is 0 Å². The van der Waals surface area contributed by atoms with Gasteiger partial charge in [0.25, 0.3) is 0 Å². The third-order valence-corrected chi connectivity index (χ3v) is 7.01. The molecule has 5 rings (SSSR count). The molecule has 0 saturated carbocycles. The number of nitrogens with one attached hydrogen (secondary N) is 1. The third kappa shape index (κ3) is 7.71. The average Bonchev–Trinajstić information content (AvgIpc) is 3.03. The van der Waals surface area contributed by atoms with Gasteiger partial charge in [-0.2, -0.15) is 0 Å². The molecule has 5 nitrogen and oxygen atoms in total. The van der Waals surface area contributed by atoms with Gasteiger partial charge in [0, 0.05) is 6.54 Å². The first kappa shape index (κ1) is 29.8. The van der Waals surface area contributed by atoms with Gasteiger partial charge < -0.3 is 24.3 Å². The van der Waals surface area contributed by atoms with Crippen LogP contribution in [0.15, 0.2) is 91.0 Å². The van der Waals surface area contributed by atoms with E-state index < -0.39 is 0 Å². The number of ether oxygens (including phenoxy) is 4. The molecule has 1 aliphatic heterocycles. The van der Waals surface area contributed by atoms with E-state index in [1.165, 1.54) is 11.1 Å². The summed E-state index contributed by atoms with van der Waals surface area (Å²) in [4.78, 5) is 0. The molecule has 1 atom stereocenters. The van der Waals surface area contributed by atoms with E-state index in [2.05, 4.69) is 66.9 Å². The van der Waals surface area contributed by atoms with Gasteiger partial charge in [-0.3, -0.25) is 0 Å². The van der Waals surface area contributed by atoms with E-state index in [1.54, 1.807) is 14.2 Å². The van der Waals surface area contributed by atoms with Crippen molar-refractivity contribution in [3.8, 4) is 23.0 Å². The van der Waals surface area contributed by atoms with E-state index in [0.717, 1.165) is 58.2 Å². The van der Waals surface area contributed by atoms with Gasteiger partial charge in [-0.05, 0) is 71.0 Å². The first-order valence-corrected chi connectivity index (χ1v) is 14.3. The molecule has 4 aromatic rings. The fourth-order valence-electron chi connectivity index (χ4n) is 4.84. The molecule has 1 unspecified atom stereocenters. The van der Waals surface area contributed by atoms with Gasteiger partial charge in [-0.25, -0.2) is 0 Å². The highest BCUT2D eigenvalue weighted by Gasteiger charge is 2.21. The molecule has 1 heterocycles. The summed E-state index contributed by atoms with van der Waals surface area (Å²) in [5.74, 6) is 2.97. The first-order chi connectivity index (χ1) is 20.1. The minimum Gasteiger partial charge on any atom is -0.493 e. The molecule has 0 fully saturated rings. The highest BCUT2D eigenvalue weighted by atomic mass is 16.5. The Hall–Kier alpha value is -4.22. The van der Waals surface area contributed by atoms with Crippen molar-refractivity contribution in [2.24, 2.45) is 0 Å². The van der Waals surface area contributed by atoms with Crippen molar-refractivity contribution < 1.29 is 18.9 Å². The van der Waals surface area contributed by atoms with E-state index in [9.17, 15) is 0 Å². The third-order valence-electron chi connectivity index (χ3n) is 7.01. The summed E-state index contributed by atoms with van der Waals surface area (Å²) in [6, 6.07) is 28.7. The van der Waals surface area contributed by atoms with Crippen LogP contribution in [-0.2, 0) is 19.6 Å². The standard InChI is InChI=1S/C34H35NO4.C2H6/c1-24-18-31(36-2)33(38-22-25-10-6-4-7-11-25)19-27(24)14-15-30-29-21-32(37-3)34(20-28(29)16-17-35-30)39-23-26-12-8-5-9-13-26;1-2/h4-15,18-21,30,35H,16-17,22-23H2,1-3H3;1-2H3/b15-14+;. The maximum Gasteiger partial charge on any atom is 0.162 e.